The van der Waals surface area contributed by atoms with Crippen molar-refractivity contribution in [3.63, 3.8) is 0 Å². The lowest BCUT2D eigenvalue weighted by molar-refractivity contribution is 0.358. The Morgan fingerprint density at radius 3 is 2.64 bits per heavy atom. The van der Waals surface area contributed by atoms with Gasteiger partial charge in [0.25, 0.3) is 0 Å². The molecule has 0 saturated carbocycles. The maximum Gasteiger partial charge on any atom is 0.0941 e. The predicted octanol–water partition coefficient (Wildman–Crippen LogP) is 2.61. The molecular formula is C11H13ClFN. The molecule has 0 bridgehead atoms. The Bertz CT molecular complexity index is 299. The van der Waals surface area contributed by atoms with E-state index in [0.717, 1.165) is 18.1 Å². The molecule has 1 aliphatic rings. The third kappa shape index (κ3) is 1.91. The zero-order valence-corrected chi connectivity index (χ0v) is 8.60. The summed E-state index contributed by atoms with van der Waals surface area (Å²) in [5.41, 5.74) is 1.18. The van der Waals surface area contributed by atoms with Gasteiger partial charge >= 0.3 is 0 Å². The van der Waals surface area contributed by atoms with Crippen LogP contribution in [0.1, 0.15) is 11.5 Å². The molecule has 0 aromatic heterocycles. The Kier molecular flexibility index (Phi) is 3.04. The third-order valence-corrected chi connectivity index (χ3v) is 3.09. The molecular weight excluding hydrogens is 201 g/mol. The fraction of sp³-hybridized carbons (Fsp3) is 0.455. The molecule has 14 heavy (non-hydrogen) atoms. The van der Waals surface area contributed by atoms with Gasteiger partial charge in [-0.25, -0.2) is 0 Å². The standard InChI is InChI=1S/C11H13ClFN/c12-10-3-1-8(2-4-10)11-7-14-6-9(11)5-13/h1-4,9,11,14H,5-7H2. The third-order valence-electron chi connectivity index (χ3n) is 2.84. The van der Waals surface area contributed by atoms with E-state index < -0.39 is 0 Å². The van der Waals surface area contributed by atoms with Gasteiger partial charge in [0, 0.05) is 29.9 Å². The van der Waals surface area contributed by atoms with Gasteiger partial charge in [0.15, 0.2) is 0 Å². The minimum Gasteiger partial charge on any atom is -0.316 e. The van der Waals surface area contributed by atoms with E-state index in [1.807, 2.05) is 24.3 Å². The Hall–Kier alpha value is -0.600. The lowest BCUT2D eigenvalue weighted by Crippen LogP contribution is -2.12. The van der Waals surface area contributed by atoms with Crippen molar-refractivity contribution in [3.05, 3.63) is 34.9 Å². The summed E-state index contributed by atoms with van der Waals surface area (Å²) in [5.74, 6) is 0.424. The van der Waals surface area contributed by atoms with Crippen LogP contribution in [0, 0.1) is 5.92 Å². The Balaban J connectivity index is 2.17. The maximum atomic E-state index is 12.6. The van der Waals surface area contributed by atoms with Gasteiger partial charge < -0.3 is 5.32 Å². The highest BCUT2D eigenvalue weighted by Gasteiger charge is 2.27. The van der Waals surface area contributed by atoms with Crippen LogP contribution in [-0.2, 0) is 0 Å². The summed E-state index contributed by atoms with van der Waals surface area (Å²) in [4.78, 5) is 0. The average Bonchev–Trinajstić information content (AvgIpc) is 2.67. The van der Waals surface area contributed by atoms with E-state index in [1.165, 1.54) is 5.56 Å². The highest BCUT2D eigenvalue weighted by Crippen LogP contribution is 2.29. The summed E-state index contributed by atoms with van der Waals surface area (Å²) in [5, 5.41) is 3.95. The van der Waals surface area contributed by atoms with Gasteiger partial charge in [-0.1, -0.05) is 23.7 Å². The summed E-state index contributed by atoms with van der Waals surface area (Å²) in [6.07, 6.45) is 0. The number of halogens is 2. The molecule has 1 aliphatic heterocycles. The van der Waals surface area contributed by atoms with E-state index >= 15 is 0 Å². The van der Waals surface area contributed by atoms with Gasteiger partial charge in [-0.15, -0.1) is 0 Å². The van der Waals surface area contributed by atoms with Crippen molar-refractivity contribution in [3.8, 4) is 0 Å². The van der Waals surface area contributed by atoms with Crippen LogP contribution in [0.4, 0.5) is 4.39 Å². The monoisotopic (exact) mass is 213 g/mol. The Morgan fingerprint density at radius 1 is 1.29 bits per heavy atom. The topological polar surface area (TPSA) is 12.0 Å². The number of benzene rings is 1. The molecule has 2 rings (SSSR count). The summed E-state index contributed by atoms with van der Waals surface area (Å²) < 4.78 is 12.6. The minimum absolute atomic E-state index is 0.121. The normalized spacial score (nSPS) is 26.7. The van der Waals surface area contributed by atoms with Crippen molar-refractivity contribution in [1.29, 1.82) is 0 Å². The van der Waals surface area contributed by atoms with Crippen LogP contribution in [0.25, 0.3) is 0 Å². The molecule has 1 fully saturated rings. The van der Waals surface area contributed by atoms with Crippen LogP contribution in [0.2, 0.25) is 5.02 Å². The van der Waals surface area contributed by atoms with E-state index in [9.17, 15) is 4.39 Å². The molecule has 2 atom stereocenters. The van der Waals surface area contributed by atoms with E-state index in [-0.39, 0.29) is 12.6 Å². The van der Waals surface area contributed by atoms with Crippen molar-refractivity contribution >= 4 is 11.6 Å². The van der Waals surface area contributed by atoms with Crippen molar-refractivity contribution in [2.45, 2.75) is 5.92 Å². The van der Waals surface area contributed by atoms with E-state index in [4.69, 9.17) is 11.6 Å². The molecule has 3 heteroatoms. The predicted molar refractivity (Wildman–Crippen MR) is 56.5 cm³/mol. The maximum absolute atomic E-state index is 12.6. The van der Waals surface area contributed by atoms with Gasteiger partial charge in [0.05, 0.1) is 6.67 Å². The highest BCUT2D eigenvalue weighted by molar-refractivity contribution is 6.30. The number of alkyl halides is 1. The average molecular weight is 214 g/mol. The summed E-state index contributed by atoms with van der Waals surface area (Å²) in [6, 6.07) is 7.71. The van der Waals surface area contributed by atoms with Crippen LogP contribution in [-0.4, -0.2) is 19.8 Å². The number of hydrogen-bond acceptors (Lipinski definition) is 1. The minimum atomic E-state index is -0.250. The quantitative estimate of drug-likeness (QED) is 0.797. The first kappa shape index (κ1) is 9.94. The van der Waals surface area contributed by atoms with Crippen LogP contribution in [0.15, 0.2) is 24.3 Å². The summed E-state index contributed by atoms with van der Waals surface area (Å²) in [6.45, 7) is 1.40. The number of rotatable bonds is 2. The second kappa shape index (κ2) is 4.28. The van der Waals surface area contributed by atoms with Crippen molar-refractivity contribution in [2.75, 3.05) is 19.8 Å². The van der Waals surface area contributed by atoms with Crippen LogP contribution in [0.5, 0.6) is 0 Å². The van der Waals surface area contributed by atoms with E-state index in [0.29, 0.717) is 5.92 Å². The van der Waals surface area contributed by atoms with Gasteiger partial charge in [-0.3, -0.25) is 4.39 Å². The number of nitrogens with one attached hydrogen (secondary N) is 1. The molecule has 0 spiro atoms. The summed E-state index contributed by atoms with van der Waals surface area (Å²) in [7, 11) is 0. The first-order valence-corrected chi connectivity index (χ1v) is 5.21. The largest absolute Gasteiger partial charge is 0.316 e. The molecule has 0 amide bonds. The fourth-order valence-electron chi connectivity index (χ4n) is 2.00. The van der Waals surface area contributed by atoms with Gasteiger partial charge in [-0.05, 0) is 17.7 Å². The number of hydrogen-bond donors (Lipinski definition) is 1. The molecule has 1 nitrogen and oxygen atoms in total. The molecule has 1 aromatic rings. The highest BCUT2D eigenvalue weighted by atomic mass is 35.5. The zero-order chi connectivity index (χ0) is 9.97. The Morgan fingerprint density at radius 2 is 2.00 bits per heavy atom. The van der Waals surface area contributed by atoms with Crippen LogP contribution >= 0.6 is 11.6 Å². The first-order valence-electron chi connectivity index (χ1n) is 4.83. The molecule has 76 valence electrons. The van der Waals surface area contributed by atoms with E-state index in [2.05, 4.69) is 5.32 Å². The molecule has 0 aliphatic carbocycles. The van der Waals surface area contributed by atoms with Crippen molar-refractivity contribution in [2.24, 2.45) is 5.92 Å². The van der Waals surface area contributed by atoms with E-state index in [1.54, 1.807) is 0 Å². The molecule has 1 heterocycles. The van der Waals surface area contributed by atoms with Crippen LogP contribution in [0.3, 0.4) is 0 Å². The van der Waals surface area contributed by atoms with Crippen LogP contribution < -0.4 is 5.32 Å². The molecule has 1 aromatic carbocycles. The molecule has 2 unspecified atom stereocenters. The SMILES string of the molecule is FCC1CNCC1c1ccc(Cl)cc1. The lowest BCUT2D eigenvalue weighted by atomic mass is 9.90. The second-order valence-electron chi connectivity index (χ2n) is 3.73. The first-order chi connectivity index (χ1) is 6.81. The molecule has 1 saturated heterocycles. The lowest BCUT2D eigenvalue weighted by Gasteiger charge is -2.15. The van der Waals surface area contributed by atoms with Gasteiger partial charge in [0.1, 0.15) is 0 Å². The molecule has 0 radical (unpaired) electrons. The smallest absolute Gasteiger partial charge is 0.0941 e. The van der Waals surface area contributed by atoms with Gasteiger partial charge in [-0.2, -0.15) is 0 Å². The Labute approximate surface area is 88.3 Å². The van der Waals surface area contributed by atoms with Crippen molar-refractivity contribution in [1.82, 2.24) is 5.32 Å². The van der Waals surface area contributed by atoms with Crippen molar-refractivity contribution < 1.29 is 4.39 Å². The summed E-state index contributed by atoms with van der Waals surface area (Å²) >= 11 is 5.80. The van der Waals surface area contributed by atoms with Gasteiger partial charge in [0.2, 0.25) is 0 Å². The zero-order valence-electron chi connectivity index (χ0n) is 7.84. The second-order valence-corrected chi connectivity index (χ2v) is 4.17. The fourth-order valence-corrected chi connectivity index (χ4v) is 2.12. The molecule has 1 N–H and O–H groups in total.